The van der Waals surface area contributed by atoms with E-state index >= 15 is 0 Å². The number of rotatable bonds is 6. The Hall–Kier alpha value is -2.59. The Bertz CT molecular complexity index is 950. The predicted octanol–water partition coefficient (Wildman–Crippen LogP) is 6.10. The van der Waals surface area contributed by atoms with Crippen LogP contribution in [0.4, 0.5) is 5.69 Å². The molecule has 144 valence electrons. The van der Waals surface area contributed by atoms with Gasteiger partial charge in [0, 0.05) is 15.6 Å². The number of anilines is 1. The molecule has 3 aromatic carbocycles. The molecule has 0 saturated carbocycles. The quantitative estimate of drug-likeness (QED) is 0.505. The Morgan fingerprint density at radius 3 is 2.25 bits per heavy atom. The molecule has 0 aliphatic carbocycles. The molecule has 0 fully saturated rings. The summed E-state index contributed by atoms with van der Waals surface area (Å²) < 4.78 is 6.64. The summed E-state index contributed by atoms with van der Waals surface area (Å²) in [6, 6.07) is 24.1. The van der Waals surface area contributed by atoms with Crippen molar-refractivity contribution >= 4 is 27.5 Å². The van der Waals surface area contributed by atoms with E-state index in [-0.39, 0.29) is 17.9 Å². The fourth-order valence-corrected chi connectivity index (χ4v) is 3.57. The zero-order chi connectivity index (χ0) is 20.1. The molecule has 0 bridgehead atoms. The number of hydrogen-bond acceptors (Lipinski definition) is 2. The number of ether oxygens (including phenoxy) is 1. The summed E-state index contributed by atoms with van der Waals surface area (Å²) in [4.78, 5) is 12.2. The molecule has 4 heteroatoms. The smallest absolute Gasteiger partial charge is 0.262 e. The van der Waals surface area contributed by atoms with Crippen molar-refractivity contribution in [3.8, 4) is 5.75 Å². The van der Waals surface area contributed by atoms with Gasteiger partial charge in [0.25, 0.3) is 5.91 Å². The van der Waals surface area contributed by atoms with E-state index in [0.717, 1.165) is 15.7 Å². The first-order valence-electron chi connectivity index (χ1n) is 9.21. The lowest BCUT2D eigenvalue weighted by molar-refractivity contribution is -0.118. The second-order valence-corrected chi connectivity index (χ2v) is 8.23. The van der Waals surface area contributed by atoms with Crippen molar-refractivity contribution in [1.82, 2.24) is 0 Å². The summed E-state index contributed by atoms with van der Waals surface area (Å²) in [6.45, 7) is 6.32. The fourth-order valence-electron chi connectivity index (χ4n) is 3.09. The predicted molar refractivity (Wildman–Crippen MR) is 118 cm³/mol. The van der Waals surface area contributed by atoms with E-state index in [4.69, 9.17) is 4.74 Å². The van der Waals surface area contributed by atoms with Crippen LogP contribution in [0.5, 0.6) is 5.75 Å². The summed E-state index contributed by atoms with van der Waals surface area (Å²) in [5, 5.41) is 2.88. The van der Waals surface area contributed by atoms with Crippen LogP contribution in [-0.2, 0) is 10.2 Å². The van der Waals surface area contributed by atoms with Crippen molar-refractivity contribution in [2.24, 2.45) is 0 Å². The van der Waals surface area contributed by atoms with E-state index in [2.05, 4.69) is 71.5 Å². The first-order chi connectivity index (χ1) is 13.4. The monoisotopic (exact) mass is 437 g/mol. The highest BCUT2D eigenvalue weighted by Crippen LogP contribution is 2.32. The largest absolute Gasteiger partial charge is 0.484 e. The number of halogens is 1. The zero-order valence-electron chi connectivity index (χ0n) is 16.3. The maximum atomic E-state index is 12.2. The molecule has 3 nitrogen and oxygen atoms in total. The zero-order valence-corrected chi connectivity index (χ0v) is 17.9. The number of carbonyl (C=O) groups excluding carboxylic acids is 1. The minimum atomic E-state index is -0.181. The van der Waals surface area contributed by atoms with Gasteiger partial charge in [0.1, 0.15) is 5.75 Å². The van der Waals surface area contributed by atoms with Gasteiger partial charge in [-0.15, -0.1) is 0 Å². The molecule has 0 radical (unpaired) electrons. The summed E-state index contributed by atoms with van der Waals surface area (Å²) >= 11 is 3.42. The van der Waals surface area contributed by atoms with Crippen molar-refractivity contribution in [3.05, 3.63) is 94.0 Å². The maximum Gasteiger partial charge on any atom is 0.262 e. The molecule has 28 heavy (non-hydrogen) atoms. The van der Waals surface area contributed by atoms with E-state index in [0.29, 0.717) is 5.75 Å². The molecule has 0 unspecified atom stereocenters. The van der Waals surface area contributed by atoms with E-state index < -0.39 is 0 Å². The van der Waals surface area contributed by atoms with Crippen LogP contribution in [0.3, 0.4) is 0 Å². The van der Waals surface area contributed by atoms with Crippen LogP contribution in [0.25, 0.3) is 0 Å². The highest BCUT2D eigenvalue weighted by atomic mass is 79.9. The van der Waals surface area contributed by atoms with Gasteiger partial charge in [-0.1, -0.05) is 72.2 Å². The first kappa shape index (κ1) is 20.2. The number of benzene rings is 3. The van der Waals surface area contributed by atoms with Crippen LogP contribution in [0.15, 0.2) is 77.3 Å². The van der Waals surface area contributed by atoms with Crippen molar-refractivity contribution in [3.63, 3.8) is 0 Å². The first-order valence-corrected chi connectivity index (χ1v) is 10.0. The molecule has 0 atom stereocenters. The van der Waals surface area contributed by atoms with Gasteiger partial charge in [-0.05, 0) is 53.9 Å². The third kappa shape index (κ3) is 4.82. The highest BCUT2D eigenvalue weighted by molar-refractivity contribution is 9.10. The number of hydrogen-bond donors (Lipinski definition) is 1. The molecule has 0 aliphatic heterocycles. The Labute approximate surface area is 174 Å². The molecular formula is C24H24BrNO2. The molecule has 1 amide bonds. The molecule has 3 aromatic rings. The lowest BCUT2D eigenvalue weighted by Crippen LogP contribution is -2.21. The minimum Gasteiger partial charge on any atom is -0.484 e. The molecule has 0 spiro atoms. The number of amides is 1. The lowest BCUT2D eigenvalue weighted by Gasteiger charge is -2.26. The van der Waals surface area contributed by atoms with Gasteiger partial charge in [-0.25, -0.2) is 0 Å². The van der Waals surface area contributed by atoms with Crippen molar-refractivity contribution in [2.45, 2.75) is 26.2 Å². The third-order valence-corrected chi connectivity index (χ3v) is 5.40. The summed E-state index contributed by atoms with van der Waals surface area (Å²) in [5.74, 6) is 0.495. The van der Waals surface area contributed by atoms with Crippen LogP contribution in [0, 0.1) is 6.92 Å². The van der Waals surface area contributed by atoms with Gasteiger partial charge in [0.2, 0.25) is 0 Å². The van der Waals surface area contributed by atoms with Crippen LogP contribution < -0.4 is 10.1 Å². The number of aryl methyl sites for hydroxylation is 1. The van der Waals surface area contributed by atoms with E-state index in [9.17, 15) is 4.79 Å². The molecule has 0 heterocycles. The van der Waals surface area contributed by atoms with Crippen LogP contribution in [0.2, 0.25) is 0 Å². The van der Waals surface area contributed by atoms with Gasteiger partial charge in [0.15, 0.2) is 6.61 Å². The Morgan fingerprint density at radius 2 is 1.61 bits per heavy atom. The summed E-state index contributed by atoms with van der Waals surface area (Å²) in [7, 11) is 0. The van der Waals surface area contributed by atoms with Gasteiger partial charge < -0.3 is 10.1 Å². The third-order valence-electron chi connectivity index (χ3n) is 4.90. The molecule has 0 aliphatic rings. The van der Waals surface area contributed by atoms with E-state index in [1.807, 2.05) is 43.3 Å². The Kier molecular flexibility index (Phi) is 6.20. The number of nitrogens with one attached hydrogen (secondary N) is 1. The topological polar surface area (TPSA) is 38.3 Å². The van der Waals surface area contributed by atoms with Gasteiger partial charge in [-0.3, -0.25) is 4.79 Å². The summed E-state index contributed by atoms with van der Waals surface area (Å²) in [6.07, 6.45) is 0. The second kappa shape index (κ2) is 8.61. The van der Waals surface area contributed by atoms with Crippen LogP contribution in [-0.4, -0.2) is 12.5 Å². The fraction of sp³-hybridized carbons (Fsp3) is 0.208. The molecular weight excluding hydrogens is 414 g/mol. The van der Waals surface area contributed by atoms with Gasteiger partial charge in [-0.2, -0.15) is 0 Å². The normalized spacial score (nSPS) is 11.1. The van der Waals surface area contributed by atoms with Crippen molar-refractivity contribution < 1.29 is 9.53 Å². The molecule has 1 N–H and O–H groups in total. The Morgan fingerprint density at radius 1 is 0.964 bits per heavy atom. The van der Waals surface area contributed by atoms with Gasteiger partial charge in [0.05, 0.1) is 0 Å². The van der Waals surface area contributed by atoms with Crippen LogP contribution in [0.1, 0.15) is 30.5 Å². The summed E-state index contributed by atoms with van der Waals surface area (Å²) in [5.41, 5.74) is 4.14. The SMILES string of the molecule is Cc1cc(Br)ccc1NC(=O)COc1ccc(C(C)(C)c2ccccc2)cc1. The highest BCUT2D eigenvalue weighted by Gasteiger charge is 2.22. The second-order valence-electron chi connectivity index (χ2n) is 7.31. The van der Waals surface area contributed by atoms with E-state index in [1.165, 1.54) is 11.1 Å². The Balaban J connectivity index is 1.61. The average Bonchev–Trinajstić information content (AvgIpc) is 2.69. The minimum absolute atomic E-state index is 0.0308. The van der Waals surface area contributed by atoms with Crippen LogP contribution >= 0.6 is 15.9 Å². The van der Waals surface area contributed by atoms with Gasteiger partial charge >= 0.3 is 0 Å². The molecule has 0 aromatic heterocycles. The molecule has 0 saturated heterocycles. The lowest BCUT2D eigenvalue weighted by atomic mass is 9.78. The average molecular weight is 438 g/mol. The molecule has 3 rings (SSSR count). The van der Waals surface area contributed by atoms with Crippen molar-refractivity contribution in [2.75, 3.05) is 11.9 Å². The van der Waals surface area contributed by atoms with Crippen molar-refractivity contribution in [1.29, 1.82) is 0 Å². The van der Waals surface area contributed by atoms with E-state index in [1.54, 1.807) is 0 Å². The standard InChI is InChI=1S/C24H24BrNO2/c1-17-15-20(25)11-14-22(17)26-23(27)16-28-21-12-9-19(10-13-21)24(2,3)18-7-5-4-6-8-18/h4-15H,16H2,1-3H3,(H,26,27). The maximum absolute atomic E-state index is 12.2. The number of carbonyl (C=O) groups is 1.